The van der Waals surface area contributed by atoms with E-state index in [-0.39, 0.29) is 12.5 Å². The van der Waals surface area contributed by atoms with Crippen molar-refractivity contribution in [2.45, 2.75) is 19.8 Å². The fraction of sp³-hybridized carbons (Fsp3) is 0.467. The van der Waals surface area contributed by atoms with E-state index in [0.717, 1.165) is 11.3 Å². The standard InChI is InChI=1S/C15H22N2O3S/c1-11(10-21-2)9-16-15(20)17-13-6-3-12(4-7-13)5-8-14(18)19/h3-4,6-7,11H,5,8-10H2,1-2H3,(H,18,19)(H2,16,17,20). The van der Waals surface area contributed by atoms with Gasteiger partial charge in [-0.15, -0.1) is 0 Å². The number of anilines is 1. The van der Waals surface area contributed by atoms with Crippen molar-refractivity contribution in [1.82, 2.24) is 5.32 Å². The summed E-state index contributed by atoms with van der Waals surface area (Å²) in [6.45, 7) is 2.73. The molecule has 0 saturated heterocycles. The first-order chi connectivity index (χ1) is 10.0. The number of hydrogen-bond donors (Lipinski definition) is 3. The number of carboxylic acid groups (broad SMARTS) is 1. The highest BCUT2D eigenvalue weighted by Gasteiger charge is 2.05. The van der Waals surface area contributed by atoms with E-state index in [1.807, 2.05) is 18.4 Å². The zero-order chi connectivity index (χ0) is 15.7. The summed E-state index contributed by atoms with van der Waals surface area (Å²) < 4.78 is 0. The summed E-state index contributed by atoms with van der Waals surface area (Å²) in [6, 6.07) is 7.00. The summed E-state index contributed by atoms with van der Waals surface area (Å²) in [4.78, 5) is 22.2. The van der Waals surface area contributed by atoms with Gasteiger partial charge >= 0.3 is 12.0 Å². The van der Waals surface area contributed by atoms with Crippen molar-refractivity contribution in [3.05, 3.63) is 29.8 Å². The maximum atomic E-state index is 11.7. The van der Waals surface area contributed by atoms with Gasteiger partial charge in [0.1, 0.15) is 0 Å². The number of aliphatic carboxylic acids is 1. The van der Waals surface area contributed by atoms with Crippen molar-refractivity contribution in [1.29, 1.82) is 0 Å². The Balaban J connectivity index is 2.37. The molecule has 0 heterocycles. The number of hydrogen-bond acceptors (Lipinski definition) is 3. The molecule has 1 atom stereocenters. The van der Waals surface area contributed by atoms with Crippen LogP contribution in [-0.4, -0.2) is 35.7 Å². The lowest BCUT2D eigenvalue weighted by atomic mass is 10.1. The number of carbonyl (C=O) groups is 2. The van der Waals surface area contributed by atoms with Crippen LogP contribution in [0.2, 0.25) is 0 Å². The van der Waals surface area contributed by atoms with E-state index in [1.54, 1.807) is 23.9 Å². The number of nitrogens with one attached hydrogen (secondary N) is 2. The second-order valence-electron chi connectivity index (χ2n) is 4.99. The van der Waals surface area contributed by atoms with Crippen LogP contribution in [0, 0.1) is 5.92 Å². The molecular weight excluding hydrogens is 288 g/mol. The van der Waals surface area contributed by atoms with Gasteiger partial charge in [-0.3, -0.25) is 4.79 Å². The Labute approximate surface area is 129 Å². The third-order valence-corrected chi connectivity index (χ3v) is 3.80. The monoisotopic (exact) mass is 310 g/mol. The average molecular weight is 310 g/mol. The zero-order valence-electron chi connectivity index (χ0n) is 12.4. The van der Waals surface area contributed by atoms with Crippen molar-refractivity contribution >= 4 is 29.4 Å². The molecule has 1 aromatic carbocycles. The maximum absolute atomic E-state index is 11.7. The average Bonchev–Trinajstić information content (AvgIpc) is 2.45. The predicted molar refractivity (Wildman–Crippen MR) is 87.0 cm³/mol. The normalized spacial score (nSPS) is 11.7. The first kappa shape index (κ1) is 17.4. The predicted octanol–water partition coefficient (Wildman–Crippen LogP) is 2.82. The van der Waals surface area contributed by atoms with E-state index in [4.69, 9.17) is 5.11 Å². The minimum Gasteiger partial charge on any atom is -0.481 e. The Bertz CT molecular complexity index is 462. The molecule has 1 aromatic rings. The summed E-state index contributed by atoms with van der Waals surface area (Å²) >= 11 is 1.76. The summed E-state index contributed by atoms with van der Waals surface area (Å²) in [5.74, 6) is 0.638. The Morgan fingerprint density at radius 1 is 1.29 bits per heavy atom. The summed E-state index contributed by atoms with van der Waals surface area (Å²) in [7, 11) is 0. The van der Waals surface area contributed by atoms with Gasteiger partial charge in [-0.1, -0.05) is 19.1 Å². The third kappa shape index (κ3) is 7.60. The maximum Gasteiger partial charge on any atom is 0.319 e. The fourth-order valence-electron chi connectivity index (χ4n) is 1.79. The molecule has 0 aliphatic heterocycles. The van der Waals surface area contributed by atoms with Crippen LogP contribution in [-0.2, 0) is 11.2 Å². The second kappa shape index (κ2) is 9.28. The lowest BCUT2D eigenvalue weighted by Gasteiger charge is -2.12. The van der Waals surface area contributed by atoms with Crippen LogP contribution < -0.4 is 10.6 Å². The number of urea groups is 1. The van der Waals surface area contributed by atoms with Gasteiger partial charge in [0, 0.05) is 18.7 Å². The number of carbonyl (C=O) groups excluding carboxylic acids is 1. The van der Waals surface area contributed by atoms with Gasteiger partial charge in [0.05, 0.1) is 0 Å². The largest absolute Gasteiger partial charge is 0.481 e. The van der Waals surface area contributed by atoms with E-state index in [1.165, 1.54) is 0 Å². The van der Waals surface area contributed by atoms with Crippen LogP contribution in [0.25, 0.3) is 0 Å². The van der Waals surface area contributed by atoms with Crippen LogP contribution in [0.1, 0.15) is 18.9 Å². The zero-order valence-corrected chi connectivity index (χ0v) is 13.2. The van der Waals surface area contributed by atoms with Crippen molar-refractivity contribution in [2.75, 3.05) is 23.9 Å². The number of carboxylic acids is 1. The Morgan fingerprint density at radius 2 is 1.95 bits per heavy atom. The van der Waals surface area contributed by atoms with Gasteiger partial charge in [0.15, 0.2) is 0 Å². The highest BCUT2D eigenvalue weighted by molar-refractivity contribution is 7.98. The van der Waals surface area contributed by atoms with E-state index in [2.05, 4.69) is 17.6 Å². The van der Waals surface area contributed by atoms with E-state index < -0.39 is 5.97 Å². The summed E-state index contributed by atoms with van der Waals surface area (Å²) in [6.07, 6.45) is 2.65. The molecule has 0 aliphatic carbocycles. The first-order valence-electron chi connectivity index (χ1n) is 6.85. The Kier molecular flexibility index (Phi) is 7.68. The molecule has 116 valence electrons. The molecule has 0 aliphatic rings. The fourth-order valence-corrected chi connectivity index (χ4v) is 2.48. The van der Waals surface area contributed by atoms with E-state index in [0.29, 0.717) is 24.6 Å². The topological polar surface area (TPSA) is 78.4 Å². The van der Waals surface area contributed by atoms with Crippen LogP contribution in [0.15, 0.2) is 24.3 Å². The molecule has 2 amide bonds. The molecule has 3 N–H and O–H groups in total. The van der Waals surface area contributed by atoms with Crippen LogP contribution in [0.3, 0.4) is 0 Å². The SMILES string of the molecule is CSCC(C)CNC(=O)Nc1ccc(CCC(=O)O)cc1. The van der Waals surface area contributed by atoms with Gasteiger partial charge < -0.3 is 15.7 Å². The Hall–Kier alpha value is -1.69. The highest BCUT2D eigenvalue weighted by atomic mass is 32.2. The van der Waals surface area contributed by atoms with Crippen molar-refractivity contribution < 1.29 is 14.7 Å². The molecule has 0 aromatic heterocycles. The number of rotatable bonds is 8. The van der Waals surface area contributed by atoms with Gasteiger partial charge in [-0.05, 0) is 42.0 Å². The van der Waals surface area contributed by atoms with Gasteiger partial charge in [0.25, 0.3) is 0 Å². The van der Waals surface area contributed by atoms with Crippen molar-refractivity contribution in [2.24, 2.45) is 5.92 Å². The molecule has 0 radical (unpaired) electrons. The molecule has 0 spiro atoms. The molecule has 5 nitrogen and oxygen atoms in total. The molecule has 1 unspecified atom stereocenters. The molecule has 21 heavy (non-hydrogen) atoms. The quantitative estimate of drug-likeness (QED) is 0.690. The van der Waals surface area contributed by atoms with Crippen molar-refractivity contribution in [3.63, 3.8) is 0 Å². The van der Waals surface area contributed by atoms with Crippen molar-refractivity contribution in [3.8, 4) is 0 Å². The molecular formula is C15H22N2O3S. The minimum atomic E-state index is -0.809. The van der Waals surface area contributed by atoms with E-state index >= 15 is 0 Å². The number of amides is 2. The molecule has 1 rings (SSSR count). The smallest absolute Gasteiger partial charge is 0.319 e. The lowest BCUT2D eigenvalue weighted by Crippen LogP contribution is -2.32. The van der Waals surface area contributed by atoms with Gasteiger partial charge in [-0.2, -0.15) is 11.8 Å². The molecule has 0 bridgehead atoms. The molecule has 0 saturated carbocycles. The summed E-state index contributed by atoms with van der Waals surface area (Å²) in [5, 5.41) is 14.2. The minimum absolute atomic E-state index is 0.112. The lowest BCUT2D eigenvalue weighted by molar-refractivity contribution is -0.136. The van der Waals surface area contributed by atoms with Crippen LogP contribution in [0.5, 0.6) is 0 Å². The summed E-state index contributed by atoms with van der Waals surface area (Å²) in [5.41, 5.74) is 1.64. The molecule has 0 fully saturated rings. The Morgan fingerprint density at radius 3 is 2.52 bits per heavy atom. The molecule has 6 heteroatoms. The first-order valence-corrected chi connectivity index (χ1v) is 8.25. The third-order valence-electron chi connectivity index (χ3n) is 2.90. The van der Waals surface area contributed by atoms with Crippen LogP contribution in [0.4, 0.5) is 10.5 Å². The second-order valence-corrected chi connectivity index (χ2v) is 5.90. The van der Waals surface area contributed by atoms with Gasteiger partial charge in [0.2, 0.25) is 0 Å². The number of aryl methyl sites for hydroxylation is 1. The van der Waals surface area contributed by atoms with E-state index in [9.17, 15) is 9.59 Å². The highest BCUT2D eigenvalue weighted by Crippen LogP contribution is 2.11. The number of thioether (sulfide) groups is 1. The van der Waals surface area contributed by atoms with Gasteiger partial charge in [-0.25, -0.2) is 4.79 Å². The number of benzene rings is 1. The van der Waals surface area contributed by atoms with Crippen LogP contribution >= 0.6 is 11.8 Å².